The van der Waals surface area contributed by atoms with Crippen LogP contribution in [0.3, 0.4) is 0 Å². The third-order valence-corrected chi connectivity index (χ3v) is 8.50. The lowest BCUT2D eigenvalue weighted by molar-refractivity contribution is -0.154. The first kappa shape index (κ1) is 29.4. The molecule has 10 heteroatoms. The highest BCUT2D eigenvalue weighted by Crippen LogP contribution is 2.36. The average Bonchev–Trinajstić information content (AvgIpc) is 3.42. The number of ketones is 1. The van der Waals surface area contributed by atoms with E-state index in [0.29, 0.717) is 12.1 Å². The van der Waals surface area contributed by atoms with E-state index in [1.807, 2.05) is 13.8 Å². The summed E-state index contributed by atoms with van der Waals surface area (Å²) in [4.78, 5) is 42.1. The van der Waals surface area contributed by atoms with Gasteiger partial charge in [0.2, 0.25) is 5.01 Å². The van der Waals surface area contributed by atoms with Crippen molar-refractivity contribution in [1.82, 2.24) is 4.98 Å². The predicted octanol–water partition coefficient (Wildman–Crippen LogP) is 3.57. The molecular formula is C27H39NO8S. The normalized spacial score (nSPS) is 33.8. The predicted molar refractivity (Wildman–Crippen MR) is 138 cm³/mol. The fourth-order valence-corrected chi connectivity index (χ4v) is 5.56. The van der Waals surface area contributed by atoms with Crippen molar-refractivity contribution < 1.29 is 38.8 Å². The van der Waals surface area contributed by atoms with Gasteiger partial charge in [-0.25, -0.2) is 9.78 Å². The zero-order valence-electron chi connectivity index (χ0n) is 22.4. The van der Waals surface area contributed by atoms with Crippen LogP contribution in [0.15, 0.2) is 11.0 Å². The highest BCUT2D eigenvalue weighted by Gasteiger charge is 2.44. The number of Topliss-reactive ketones (excluding diaryl/α,β-unsaturated/α-hetero) is 1. The average molecular weight is 538 g/mol. The zero-order valence-corrected chi connectivity index (χ0v) is 23.2. The van der Waals surface area contributed by atoms with E-state index in [-0.39, 0.29) is 35.3 Å². The molecule has 1 aromatic rings. The number of aromatic nitrogens is 1. The third-order valence-electron chi connectivity index (χ3n) is 7.66. The summed E-state index contributed by atoms with van der Waals surface area (Å²) in [5.74, 6) is -2.21. The van der Waals surface area contributed by atoms with E-state index in [0.717, 1.165) is 36.2 Å². The molecular weight excluding hydrogens is 498 g/mol. The van der Waals surface area contributed by atoms with Gasteiger partial charge in [-0.15, -0.1) is 11.3 Å². The Bertz CT molecular complexity index is 1020. The van der Waals surface area contributed by atoms with Crippen LogP contribution >= 0.6 is 11.3 Å². The van der Waals surface area contributed by atoms with Crippen LogP contribution in [0.4, 0.5) is 0 Å². The molecule has 3 rings (SSSR count). The van der Waals surface area contributed by atoms with E-state index in [1.165, 1.54) is 7.11 Å². The Balaban J connectivity index is 1.82. The lowest BCUT2D eigenvalue weighted by Gasteiger charge is -2.34. The molecule has 7 atom stereocenters. The van der Waals surface area contributed by atoms with Gasteiger partial charge in [-0.3, -0.25) is 9.59 Å². The minimum atomic E-state index is -1.28. The van der Waals surface area contributed by atoms with E-state index in [9.17, 15) is 24.6 Å². The molecule has 0 spiro atoms. The summed E-state index contributed by atoms with van der Waals surface area (Å²) >= 11 is 1.16. The van der Waals surface area contributed by atoms with Crippen LogP contribution in [0.25, 0.3) is 6.08 Å². The maximum atomic E-state index is 13.2. The number of aliphatic hydroxyl groups is 2. The molecule has 0 amide bonds. The minimum absolute atomic E-state index is 0.0417. The van der Waals surface area contributed by atoms with Gasteiger partial charge in [0.1, 0.15) is 11.9 Å². The number of thiazole rings is 1. The molecule has 3 heterocycles. The number of aliphatic hydroxyl groups excluding tert-OH is 2. The number of cyclic esters (lactones) is 1. The SMILES string of the molecule is COC(=O)c1nc(/C=C(\C)[C@@H]2C[C@@H]3O[C@@H]3CCC[C@H](C)[C@H](O)[C@@H](C)C(=O)C(C)(C)[C@@H](O)CC(=O)O2)cs1. The molecule has 0 radical (unpaired) electrons. The maximum Gasteiger partial charge on any atom is 0.367 e. The second-order valence-electron chi connectivity index (χ2n) is 10.9. The smallest absolute Gasteiger partial charge is 0.367 e. The topological polar surface area (TPSA) is 136 Å². The number of hydrogen-bond acceptors (Lipinski definition) is 10. The minimum Gasteiger partial charge on any atom is -0.464 e. The molecule has 2 fully saturated rings. The van der Waals surface area contributed by atoms with Crippen LogP contribution in [0, 0.1) is 17.3 Å². The Morgan fingerprint density at radius 1 is 1.22 bits per heavy atom. The number of epoxide rings is 1. The van der Waals surface area contributed by atoms with E-state index in [4.69, 9.17) is 14.2 Å². The van der Waals surface area contributed by atoms with Gasteiger partial charge in [0.05, 0.1) is 49.1 Å². The van der Waals surface area contributed by atoms with Gasteiger partial charge in [-0.1, -0.05) is 34.1 Å². The fourth-order valence-electron chi connectivity index (χ4n) is 4.87. The molecule has 0 bridgehead atoms. The summed E-state index contributed by atoms with van der Waals surface area (Å²) < 4.78 is 16.4. The van der Waals surface area contributed by atoms with Gasteiger partial charge >= 0.3 is 11.9 Å². The Labute approximate surface area is 222 Å². The van der Waals surface area contributed by atoms with Crippen molar-refractivity contribution in [2.45, 2.75) is 97.2 Å². The van der Waals surface area contributed by atoms with Crippen molar-refractivity contribution in [3.05, 3.63) is 21.7 Å². The molecule has 9 nitrogen and oxygen atoms in total. The van der Waals surface area contributed by atoms with Crippen LogP contribution < -0.4 is 0 Å². The third kappa shape index (κ3) is 7.25. The quantitative estimate of drug-likeness (QED) is 0.438. The van der Waals surface area contributed by atoms with Crippen molar-refractivity contribution >= 4 is 35.1 Å². The van der Waals surface area contributed by atoms with E-state index in [1.54, 1.807) is 32.2 Å². The van der Waals surface area contributed by atoms with Crippen molar-refractivity contribution in [2.75, 3.05) is 7.11 Å². The van der Waals surface area contributed by atoms with Gasteiger partial charge in [0, 0.05) is 17.7 Å². The summed E-state index contributed by atoms with van der Waals surface area (Å²) in [6.45, 7) is 8.61. The highest BCUT2D eigenvalue weighted by molar-refractivity contribution is 7.11. The maximum absolute atomic E-state index is 13.2. The first-order valence-corrected chi connectivity index (χ1v) is 13.7. The molecule has 2 saturated heterocycles. The number of carbonyl (C=O) groups excluding carboxylic acids is 3. The number of ether oxygens (including phenoxy) is 3. The van der Waals surface area contributed by atoms with Gasteiger partial charge in [-0.05, 0) is 37.3 Å². The highest BCUT2D eigenvalue weighted by atomic mass is 32.1. The largest absolute Gasteiger partial charge is 0.464 e. The van der Waals surface area contributed by atoms with Gasteiger partial charge in [0.15, 0.2) is 0 Å². The molecule has 0 saturated carbocycles. The van der Waals surface area contributed by atoms with E-state index < -0.39 is 41.6 Å². The first-order chi connectivity index (χ1) is 17.3. The van der Waals surface area contributed by atoms with E-state index in [2.05, 4.69) is 4.98 Å². The Hall–Kier alpha value is -2.14. The number of esters is 2. The first-order valence-electron chi connectivity index (χ1n) is 12.8. The Morgan fingerprint density at radius 3 is 2.59 bits per heavy atom. The molecule has 0 aliphatic carbocycles. The second kappa shape index (κ2) is 12.1. The van der Waals surface area contributed by atoms with Crippen LogP contribution in [0.1, 0.15) is 82.2 Å². The molecule has 2 aliphatic rings. The fraction of sp³-hybridized carbons (Fsp3) is 0.704. The van der Waals surface area contributed by atoms with Crippen molar-refractivity contribution in [1.29, 1.82) is 0 Å². The summed E-state index contributed by atoms with van der Waals surface area (Å²) in [5, 5.41) is 23.6. The second-order valence-corrected chi connectivity index (χ2v) is 11.7. The number of hydrogen-bond donors (Lipinski definition) is 2. The molecule has 37 heavy (non-hydrogen) atoms. The summed E-state index contributed by atoms with van der Waals surface area (Å²) in [7, 11) is 1.29. The Morgan fingerprint density at radius 2 is 1.92 bits per heavy atom. The van der Waals surface area contributed by atoms with Crippen LogP contribution in [-0.2, 0) is 23.8 Å². The molecule has 0 aromatic carbocycles. The monoisotopic (exact) mass is 537 g/mol. The lowest BCUT2D eigenvalue weighted by Crippen LogP contribution is -2.45. The lowest BCUT2D eigenvalue weighted by atomic mass is 9.73. The van der Waals surface area contributed by atoms with Crippen molar-refractivity contribution in [3.63, 3.8) is 0 Å². The van der Waals surface area contributed by atoms with Crippen LogP contribution in [-0.4, -0.2) is 70.5 Å². The summed E-state index contributed by atoms with van der Waals surface area (Å²) in [6.07, 6.45) is 1.47. The van der Waals surface area contributed by atoms with Crippen LogP contribution in [0.5, 0.6) is 0 Å². The Kier molecular flexibility index (Phi) is 9.66. The summed E-state index contributed by atoms with van der Waals surface area (Å²) in [5.41, 5.74) is 0.0277. The number of methoxy groups -OCH3 is 1. The molecule has 2 N–H and O–H groups in total. The number of nitrogens with zero attached hydrogens (tertiary/aromatic N) is 1. The summed E-state index contributed by atoms with van der Waals surface area (Å²) in [6, 6.07) is 0. The standard InChI is InChI=1S/C27H39NO8S/c1-14-8-7-9-18-20(35-18)11-19(15(2)10-17-13-37-25(28-17)26(33)34-6)36-22(30)12-21(29)27(4,5)24(32)16(3)23(14)31/h10,13-14,16,18-21,23,29,31H,7-9,11-12H2,1-6H3/b15-10+/t14-,16+,18+,19-,20-,21-,23-/m0/s1. The number of carbonyl (C=O) groups is 3. The van der Waals surface area contributed by atoms with Gasteiger partial charge in [0.25, 0.3) is 0 Å². The van der Waals surface area contributed by atoms with Crippen LogP contribution in [0.2, 0.25) is 0 Å². The molecule has 2 aliphatic heterocycles. The molecule has 206 valence electrons. The number of rotatable bonds is 3. The van der Waals surface area contributed by atoms with Crippen molar-refractivity contribution in [3.8, 4) is 0 Å². The van der Waals surface area contributed by atoms with Crippen molar-refractivity contribution in [2.24, 2.45) is 17.3 Å². The van der Waals surface area contributed by atoms with Gasteiger partial charge < -0.3 is 24.4 Å². The molecule has 0 unspecified atom stereocenters. The molecule has 1 aromatic heterocycles. The van der Waals surface area contributed by atoms with Gasteiger partial charge in [-0.2, -0.15) is 0 Å². The van der Waals surface area contributed by atoms with E-state index >= 15 is 0 Å². The number of fused-ring (bicyclic) bond motifs is 1. The zero-order chi connectivity index (χ0) is 27.5.